The topological polar surface area (TPSA) is 110 Å². The molecule has 0 saturated heterocycles. The molecule has 0 amide bonds. The normalized spacial score (nSPS) is 11.5. The monoisotopic (exact) mass is 507 g/mol. The third-order valence-electron chi connectivity index (χ3n) is 4.72. The van der Waals surface area contributed by atoms with Crippen molar-refractivity contribution in [3.8, 4) is 34.4 Å². The summed E-state index contributed by atoms with van der Waals surface area (Å²) in [7, 11) is -2.26. The zero-order valence-electron chi connectivity index (χ0n) is 18.6. The number of aromatic nitrogens is 1. The highest BCUT2D eigenvalue weighted by Gasteiger charge is 2.29. The third kappa shape index (κ3) is 6.77. The van der Waals surface area contributed by atoms with Gasteiger partial charge in [-0.25, -0.2) is 8.42 Å². The van der Waals surface area contributed by atoms with E-state index in [2.05, 4.69) is 4.72 Å². The third-order valence-corrected chi connectivity index (χ3v) is 6.02. The van der Waals surface area contributed by atoms with Crippen molar-refractivity contribution in [3.05, 3.63) is 70.6 Å². The van der Waals surface area contributed by atoms with Gasteiger partial charge < -0.3 is 14.0 Å². The second kappa shape index (κ2) is 10.1. The minimum Gasteiger partial charge on any atom is -0.483 e. The molecule has 12 heteroatoms. The number of nitrogens with one attached hydrogen (secondary N) is 1. The predicted octanol–water partition coefficient (Wildman–Crippen LogP) is 4.42. The lowest BCUT2D eigenvalue weighted by atomic mass is 10.0. The van der Waals surface area contributed by atoms with E-state index >= 15 is 0 Å². The minimum atomic E-state index is -4.65. The van der Waals surface area contributed by atoms with Crippen LogP contribution in [0.1, 0.15) is 12.5 Å². The van der Waals surface area contributed by atoms with Crippen LogP contribution < -0.4 is 19.8 Å². The van der Waals surface area contributed by atoms with E-state index in [1.165, 1.54) is 62.6 Å². The largest absolute Gasteiger partial charge is 0.483 e. The Balaban J connectivity index is 2.16. The van der Waals surface area contributed by atoms with E-state index in [1.807, 2.05) is 6.07 Å². The number of benzene rings is 2. The first-order chi connectivity index (χ1) is 16.4. The molecule has 1 heterocycles. The van der Waals surface area contributed by atoms with Gasteiger partial charge in [-0.05, 0) is 49.4 Å². The lowest BCUT2D eigenvalue weighted by Crippen LogP contribution is -2.22. The molecule has 0 saturated carbocycles. The molecule has 0 radical (unpaired) electrons. The van der Waals surface area contributed by atoms with E-state index in [0.717, 1.165) is 10.6 Å². The van der Waals surface area contributed by atoms with E-state index in [1.54, 1.807) is 0 Å². The highest BCUT2D eigenvalue weighted by atomic mass is 32.2. The van der Waals surface area contributed by atoms with Gasteiger partial charge in [0.1, 0.15) is 17.2 Å². The molecule has 2 aromatic carbocycles. The Bertz CT molecular complexity index is 1430. The molecule has 3 aromatic rings. The van der Waals surface area contributed by atoms with Gasteiger partial charge in [0.2, 0.25) is 10.0 Å². The number of nitrogens with zero attached hydrogens (tertiary/aromatic N) is 2. The number of rotatable bonds is 8. The highest BCUT2D eigenvalue weighted by Crippen LogP contribution is 2.40. The Kier molecular flexibility index (Phi) is 7.40. The molecular formula is C23H20F3N3O5S. The fraction of sp³-hybridized carbons (Fsp3) is 0.217. The second-order valence-corrected chi connectivity index (χ2v) is 9.37. The molecule has 1 aromatic heterocycles. The van der Waals surface area contributed by atoms with Crippen molar-refractivity contribution in [1.29, 1.82) is 5.26 Å². The molecule has 0 spiro atoms. The first kappa shape index (κ1) is 25.6. The summed E-state index contributed by atoms with van der Waals surface area (Å²) in [5.74, 6) is -0.101. The van der Waals surface area contributed by atoms with Gasteiger partial charge >= 0.3 is 6.18 Å². The summed E-state index contributed by atoms with van der Waals surface area (Å²) in [5.41, 5.74) is 0.145. The van der Waals surface area contributed by atoms with Crippen LogP contribution in [-0.4, -0.2) is 31.5 Å². The highest BCUT2D eigenvalue weighted by molar-refractivity contribution is 7.92. The van der Waals surface area contributed by atoms with Crippen molar-refractivity contribution < 1.29 is 31.1 Å². The van der Waals surface area contributed by atoms with Crippen LogP contribution in [0.4, 0.5) is 18.9 Å². The van der Waals surface area contributed by atoms with E-state index in [0.29, 0.717) is 11.3 Å². The Morgan fingerprint density at radius 1 is 1.06 bits per heavy atom. The maximum Gasteiger partial charge on any atom is 0.422 e. The first-order valence-electron chi connectivity index (χ1n) is 10.1. The van der Waals surface area contributed by atoms with Gasteiger partial charge in [-0.3, -0.25) is 9.52 Å². The fourth-order valence-corrected chi connectivity index (χ4v) is 3.59. The summed E-state index contributed by atoms with van der Waals surface area (Å²) in [6.45, 7) is -0.192. The van der Waals surface area contributed by atoms with Crippen LogP contribution in [0.25, 0.3) is 11.1 Å². The second-order valence-electron chi connectivity index (χ2n) is 7.36. The van der Waals surface area contributed by atoms with Crippen molar-refractivity contribution in [1.82, 2.24) is 4.57 Å². The smallest absolute Gasteiger partial charge is 0.422 e. The average molecular weight is 507 g/mol. The Morgan fingerprint density at radius 2 is 1.74 bits per heavy atom. The number of nitriles is 1. The van der Waals surface area contributed by atoms with E-state index in [9.17, 15) is 26.4 Å². The van der Waals surface area contributed by atoms with Crippen LogP contribution in [0, 0.1) is 11.3 Å². The van der Waals surface area contributed by atoms with Crippen molar-refractivity contribution in [2.75, 3.05) is 17.1 Å². The van der Waals surface area contributed by atoms with Gasteiger partial charge in [0.15, 0.2) is 6.61 Å². The van der Waals surface area contributed by atoms with Crippen LogP contribution in [0.5, 0.6) is 17.2 Å². The van der Waals surface area contributed by atoms with Crippen molar-refractivity contribution >= 4 is 15.7 Å². The summed E-state index contributed by atoms with van der Waals surface area (Å²) in [5, 5.41) is 8.97. The average Bonchev–Trinajstić information content (AvgIpc) is 2.80. The number of aryl methyl sites for hydroxylation is 1. The summed E-state index contributed by atoms with van der Waals surface area (Å²) >= 11 is 0. The molecule has 1 N–H and O–H groups in total. The maximum absolute atomic E-state index is 12.8. The lowest BCUT2D eigenvalue weighted by Gasteiger charge is -2.18. The zero-order chi connectivity index (χ0) is 25.8. The van der Waals surface area contributed by atoms with Crippen molar-refractivity contribution in [2.45, 2.75) is 13.1 Å². The molecule has 8 nitrogen and oxygen atoms in total. The van der Waals surface area contributed by atoms with Crippen LogP contribution in [0.2, 0.25) is 0 Å². The number of sulfonamides is 1. The zero-order valence-corrected chi connectivity index (χ0v) is 19.4. The van der Waals surface area contributed by atoms with Crippen LogP contribution in [0.15, 0.2) is 59.5 Å². The molecule has 0 bridgehead atoms. The first-order valence-corrected chi connectivity index (χ1v) is 11.8. The van der Waals surface area contributed by atoms with E-state index in [4.69, 9.17) is 14.7 Å². The number of ether oxygens (including phenoxy) is 2. The summed E-state index contributed by atoms with van der Waals surface area (Å²) in [6.07, 6.45) is -3.38. The van der Waals surface area contributed by atoms with Gasteiger partial charge in [-0.15, -0.1) is 0 Å². The van der Waals surface area contributed by atoms with Gasteiger partial charge in [0.05, 0.1) is 17.4 Å². The molecular weight excluding hydrogens is 487 g/mol. The number of alkyl halides is 3. The van der Waals surface area contributed by atoms with Gasteiger partial charge in [0.25, 0.3) is 5.56 Å². The number of pyridine rings is 1. The molecule has 0 aliphatic heterocycles. The number of hydrogen-bond acceptors (Lipinski definition) is 6. The SMILES string of the molecule is CCS(=O)(=O)Nc1ccc(Oc2ccc(C#N)cc2)c(-c2cn(C)c(=O)cc2OCC(F)(F)F)c1. The standard InChI is InChI=1S/C23H20F3N3O5S/c1-3-35(31,32)28-16-6-9-20(34-17-7-4-15(12-27)5-8-17)18(10-16)19-13-29(2)22(30)11-21(19)33-14-23(24,25)26/h4-11,13,28H,3,14H2,1-2H3. The molecule has 0 fully saturated rings. The molecule has 0 aliphatic carbocycles. The summed E-state index contributed by atoms with van der Waals surface area (Å²) in [4.78, 5) is 12.1. The Labute approximate surface area is 199 Å². The maximum atomic E-state index is 12.8. The molecule has 35 heavy (non-hydrogen) atoms. The van der Waals surface area contributed by atoms with Crippen molar-refractivity contribution in [3.63, 3.8) is 0 Å². The van der Waals surface area contributed by atoms with Crippen LogP contribution in [0.3, 0.4) is 0 Å². The number of hydrogen-bond donors (Lipinski definition) is 1. The molecule has 0 aliphatic rings. The van der Waals surface area contributed by atoms with Crippen molar-refractivity contribution in [2.24, 2.45) is 7.05 Å². The van der Waals surface area contributed by atoms with Gasteiger partial charge in [-0.1, -0.05) is 0 Å². The summed E-state index contributed by atoms with van der Waals surface area (Å²) < 4.78 is 77.0. The van der Waals surface area contributed by atoms with Crippen LogP contribution in [-0.2, 0) is 17.1 Å². The molecule has 0 unspecified atom stereocenters. The fourth-order valence-electron chi connectivity index (χ4n) is 2.96. The van der Waals surface area contributed by atoms with E-state index in [-0.39, 0.29) is 34.1 Å². The van der Waals surface area contributed by atoms with Crippen LogP contribution >= 0.6 is 0 Å². The lowest BCUT2D eigenvalue weighted by molar-refractivity contribution is -0.153. The van der Waals surface area contributed by atoms with Gasteiger partial charge in [-0.2, -0.15) is 18.4 Å². The van der Waals surface area contributed by atoms with Gasteiger partial charge in [0, 0.05) is 36.1 Å². The number of anilines is 1. The summed E-state index contributed by atoms with van der Waals surface area (Å²) in [6, 6.07) is 13.2. The Hall–Kier alpha value is -3.98. The number of halogens is 3. The van der Waals surface area contributed by atoms with E-state index < -0.39 is 28.4 Å². The quantitative estimate of drug-likeness (QED) is 0.483. The minimum absolute atomic E-state index is 0.0672. The predicted molar refractivity (Wildman–Crippen MR) is 123 cm³/mol. The molecule has 0 atom stereocenters. The molecule has 184 valence electrons. The molecule has 3 rings (SSSR count). The Morgan fingerprint density at radius 3 is 2.34 bits per heavy atom.